The number of amides is 1. The zero-order valence-corrected chi connectivity index (χ0v) is 17.3. The standard InChI is InChI=1S/C18H17BrN4O4S/c1-28(25,26)27-10-14-16(19)17-20-7-6-15(23(17)22-14)18(24)21-13-8-11-4-2-3-5-12(11)9-13/h2-7,13H,8-10H2,1H3,(H,21,24). The topological polar surface area (TPSA) is 103 Å². The molecule has 1 amide bonds. The number of hydrogen-bond donors (Lipinski definition) is 1. The minimum absolute atomic E-state index is 0.0140. The zero-order valence-electron chi connectivity index (χ0n) is 14.9. The van der Waals surface area contributed by atoms with E-state index in [1.165, 1.54) is 21.8 Å². The Morgan fingerprint density at radius 3 is 2.61 bits per heavy atom. The molecule has 0 bridgehead atoms. The lowest BCUT2D eigenvalue weighted by Crippen LogP contribution is -2.36. The Labute approximate surface area is 170 Å². The Morgan fingerprint density at radius 1 is 1.29 bits per heavy atom. The molecule has 0 saturated carbocycles. The molecule has 3 aromatic rings. The first kappa shape index (κ1) is 19.0. The van der Waals surface area contributed by atoms with Gasteiger partial charge in [0, 0.05) is 12.2 Å². The fraction of sp³-hybridized carbons (Fsp3) is 0.278. The van der Waals surface area contributed by atoms with Gasteiger partial charge >= 0.3 is 0 Å². The summed E-state index contributed by atoms with van der Waals surface area (Å²) in [6.45, 7) is -0.248. The molecule has 0 atom stereocenters. The average molecular weight is 465 g/mol. The van der Waals surface area contributed by atoms with Crippen LogP contribution < -0.4 is 5.32 Å². The molecule has 0 fully saturated rings. The normalized spacial score (nSPS) is 14.4. The smallest absolute Gasteiger partial charge is 0.270 e. The van der Waals surface area contributed by atoms with Crippen LogP contribution in [0.3, 0.4) is 0 Å². The number of rotatable bonds is 5. The molecular formula is C18H17BrN4O4S. The van der Waals surface area contributed by atoms with Crippen LogP contribution in [0.4, 0.5) is 0 Å². The monoisotopic (exact) mass is 464 g/mol. The third-order valence-corrected chi connectivity index (χ3v) is 5.92. The van der Waals surface area contributed by atoms with Gasteiger partial charge in [0.05, 0.1) is 10.7 Å². The van der Waals surface area contributed by atoms with E-state index in [0.29, 0.717) is 21.5 Å². The molecule has 4 rings (SSSR count). The first-order valence-corrected chi connectivity index (χ1v) is 11.2. The molecule has 8 nitrogen and oxygen atoms in total. The fourth-order valence-corrected chi connectivity index (χ4v) is 4.10. The van der Waals surface area contributed by atoms with Gasteiger partial charge in [-0.25, -0.2) is 9.50 Å². The number of carbonyl (C=O) groups is 1. The van der Waals surface area contributed by atoms with Crippen molar-refractivity contribution >= 4 is 37.6 Å². The summed E-state index contributed by atoms with van der Waals surface area (Å²) in [4.78, 5) is 17.1. The van der Waals surface area contributed by atoms with Gasteiger partial charge in [-0.15, -0.1) is 0 Å². The molecule has 0 spiro atoms. The first-order valence-electron chi connectivity index (χ1n) is 8.56. The molecule has 146 valence electrons. The molecule has 0 saturated heterocycles. The van der Waals surface area contributed by atoms with Crippen LogP contribution in [-0.4, -0.2) is 41.2 Å². The van der Waals surface area contributed by atoms with Gasteiger partial charge in [0.1, 0.15) is 18.0 Å². The van der Waals surface area contributed by atoms with Gasteiger partial charge in [-0.05, 0) is 46.0 Å². The van der Waals surface area contributed by atoms with E-state index in [2.05, 4.69) is 43.5 Å². The molecule has 2 heterocycles. The summed E-state index contributed by atoms with van der Waals surface area (Å²) in [5, 5.41) is 7.36. The van der Waals surface area contributed by atoms with Crippen molar-refractivity contribution in [2.75, 3.05) is 6.26 Å². The predicted octanol–water partition coefficient (Wildman–Crippen LogP) is 1.87. The number of hydrogen-bond acceptors (Lipinski definition) is 6. The average Bonchev–Trinajstić information content (AvgIpc) is 3.19. The van der Waals surface area contributed by atoms with Crippen LogP contribution in [0.5, 0.6) is 0 Å². The molecule has 2 aromatic heterocycles. The van der Waals surface area contributed by atoms with Crippen molar-refractivity contribution in [2.24, 2.45) is 0 Å². The number of aromatic nitrogens is 3. The summed E-state index contributed by atoms with van der Waals surface area (Å²) in [6.07, 6.45) is 4.05. The lowest BCUT2D eigenvalue weighted by Gasteiger charge is -2.12. The van der Waals surface area contributed by atoms with Gasteiger partial charge in [-0.2, -0.15) is 13.5 Å². The van der Waals surface area contributed by atoms with Crippen molar-refractivity contribution in [3.63, 3.8) is 0 Å². The minimum atomic E-state index is -3.61. The van der Waals surface area contributed by atoms with E-state index in [1.807, 2.05) is 12.1 Å². The summed E-state index contributed by atoms with van der Waals surface area (Å²) in [5.74, 6) is -0.268. The maximum Gasteiger partial charge on any atom is 0.270 e. The highest BCUT2D eigenvalue weighted by molar-refractivity contribution is 9.10. The summed E-state index contributed by atoms with van der Waals surface area (Å²) in [7, 11) is -3.61. The number of benzene rings is 1. The van der Waals surface area contributed by atoms with Crippen LogP contribution in [0.1, 0.15) is 27.3 Å². The second-order valence-corrected chi connectivity index (χ2v) is 9.08. The number of halogens is 1. The van der Waals surface area contributed by atoms with Crippen molar-refractivity contribution in [3.8, 4) is 0 Å². The van der Waals surface area contributed by atoms with Crippen LogP contribution in [0, 0.1) is 0 Å². The fourth-order valence-electron chi connectivity index (χ4n) is 3.31. The van der Waals surface area contributed by atoms with Crippen molar-refractivity contribution in [1.82, 2.24) is 19.9 Å². The van der Waals surface area contributed by atoms with E-state index >= 15 is 0 Å². The molecular weight excluding hydrogens is 448 g/mol. The molecule has 1 aliphatic carbocycles. The zero-order chi connectivity index (χ0) is 19.9. The second-order valence-electron chi connectivity index (χ2n) is 6.64. The Balaban J connectivity index is 1.57. The summed E-state index contributed by atoms with van der Waals surface area (Å²) >= 11 is 3.36. The van der Waals surface area contributed by atoms with Gasteiger partial charge in [0.25, 0.3) is 16.0 Å². The van der Waals surface area contributed by atoms with Gasteiger partial charge in [-0.3, -0.25) is 8.98 Å². The van der Waals surface area contributed by atoms with Gasteiger partial charge < -0.3 is 5.32 Å². The maximum absolute atomic E-state index is 12.9. The maximum atomic E-state index is 12.9. The Morgan fingerprint density at radius 2 is 1.96 bits per heavy atom. The van der Waals surface area contributed by atoms with Gasteiger partial charge in [-0.1, -0.05) is 24.3 Å². The van der Waals surface area contributed by atoms with Crippen LogP contribution in [0.15, 0.2) is 41.0 Å². The minimum Gasteiger partial charge on any atom is -0.347 e. The SMILES string of the molecule is CS(=O)(=O)OCc1nn2c(C(=O)NC3Cc4ccccc4C3)ccnc2c1Br. The first-order chi connectivity index (χ1) is 13.3. The number of fused-ring (bicyclic) bond motifs is 2. The van der Waals surface area contributed by atoms with Crippen LogP contribution in [-0.2, 0) is 33.7 Å². The molecule has 1 aliphatic rings. The Hall–Kier alpha value is -2.30. The van der Waals surface area contributed by atoms with E-state index < -0.39 is 10.1 Å². The van der Waals surface area contributed by atoms with E-state index in [-0.39, 0.29) is 18.6 Å². The van der Waals surface area contributed by atoms with E-state index in [0.717, 1.165) is 19.1 Å². The third kappa shape index (κ3) is 3.80. The van der Waals surface area contributed by atoms with E-state index in [1.54, 1.807) is 6.07 Å². The highest BCUT2D eigenvalue weighted by Crippen LogP contribution is 2.24. The molecule has 0 unspecified atom stereocenters. The van der Waals surface area contributed by atoms with Crippen molar-refractivity contribution in [1.29, 1.82) is 0 Å². The van der Waals surface area contributed by atoms with Gasteiger partial charge in [0.15, 0.2) is 5.65 Å². The lowest BCUT2D eigenvalue weighted by molar-refractivity contribution is 0.0930. The number of nitrogens with zero attached hydrogens (tertiary/aromatic N) is 3. The largest absolute Gasteiger partial charge is 0.347 e. The van der Waals surface area contributed by atoms with Crippen molar-refractivity contribution < 1.29 is 17.4 Å². The quantitative estimate of drug-likeness (QED) is 0.578. The summed E-state index contributed by atoms with van der Waals surface area (Å²) in [5.41, 5.74) is 3.55. The van der Waals surface area contributed by atoms with Crippen molar-refractivity contribution in [2.45, 2.75) is 25.5 Å². The van der Waals surface area contributed by atoms with Crippen LogP contribution in [0.2, 0.25) is 0 Å². The predicted molar refractivity (Wildman–Crippen MR) is 105 cm³/mol. The Kier molecular flexibility index (Phi) is 4.94. The Bertz CT molecular complexity index is 1150. The van der Waals surface area contributed by atoms with E-state index in [4.69, 9.17) is 4.18 Å². The highest BCUT2D eigenvalue weighted by Gasteiger charge is 2.25. The molecule has 1 aromatic carbocycles. The van der Waals surface area contributed by atoms with E-state index in [9.17, 15) is 13.2 Å². The van der Waals surface area contributed by atoms with Crippen molar-refractivity contribution in [3.05, 3.63) is 63.5 Å². The second kappa shape index (κ2) is 7.26. The number of carbonyl (C=O) groups excluding carboxylic acids is 1. The van der Waals surface area contributed by atoms with Crippen LogP contribution in [0.25, 0.3) is 5.65 Å². The number of nitrogens with one attached hydrogen (secondary N) is 1. The summed E-state index contributed by atoms with van der Waals surface area (Å²) < 4.78 is 29.2. The molecule has 0 aliphatic heterocycles. The molecule has 0 radical (unpaired) electrons. The molecule has 1 N–H and O–H groups in total. The molecule has 28 heavy (non-hydrogen) atoms. The summed E-state index contributed by atoms with van der Waals surface area (Å²) in [6, 6.07) is 9.73. The third-order valence-electron chi connectivity index (χ3n) is 4.56. The highest BCUT2D eigenvalue weighted by atomic mass is 79.9. The lowest BCUT2D eigenvalue weighted by atomic mass is 10.1. The van der Waals surface area contributed by atoms with Gasteiger partial charge in [0.2, 0.25) is 0 Å². The van der Waals surface area contributed by atoms with Crippen LogP contribution >= 0.6 is 15.9 Å². The molecule has 10 heteroatoms.